The highest BCUT2D eigenvalue weighted by Gasteiger charge is 2.24. The molecule has 0 bridgehead atoms. The number of hydrogen-bond acceptors (Lipinski definition) is 4. The molecule has 0 fully saturated rings. The molecule has 0 spiro atoms. The predicted octanol–water partition coefficient (Wildman–Crippen LogP) is 2.13. The molecule has 0 saturated carbocycles. The van der Waals surface area contributed by atoms with Crippen LogP contribution in [0.2, 0.25) is 0 Å². The molecule has 1 aromatic carbocycles. The van der Waals surface area contributed by atoms with Crippen LogP contribution in [0.4, 0.5) is 0 Å². The molecule has 0 aliphatic carbocycles. The summed E-state index contributed by atoms with van der Waals surface area (Å²) in [6.07, 6.45) is 0. The maximum Gasteiger partial charge on any atom is 0.346 e. The molecule has 0 saturated heterocycles. The largest absolute Gasteiger partial charge is 0.389 e. The third-order valence-electron chi connectivity index (χ3n) is 2.77. The SMILES string of the molecule is CC(=O)C(P)C(=O)OC(=O)c1c(C)cc(C)cc1C. The maximum absolute atomic E-state index is 12.0. The molecule has 0 aromatic heterocycles. The van der Waals surface area contributed by atoms with Crippen molar-refractivity contribution in [3.05, 3.63) is 34.4 Å². The van der Waals surface area contributed by atoms with Gasteiger partial charge in [0.25, 0.3) is 0 Å². The lowest BCUT2D eigenvalue weighted by molar-refractivity contribution is -0.139. The number of aryl methyl sites for hydroxylation is 3. The van der Waals surface area contributed by atoms with Gasteiger partial charge in [-0.15, -0.1) is 9.24 Å². The Hall–Kier alpha value is -1.54. The summed E-state index contributed by atoms with van der Waals surface area (Å²) >= 11 is 0. The molecule has 1 rings (SSSR count). The van der Waals surface area contributed by atoms with E-state index >= 15 is 0 Å². The van der Waals surface area contributed by atoms with Crippen molar-refractivity contribution in [2.45, 2.75) is 33.4 Å². The molecule has 0 aliphatic heterocycles. The number of ketones is 1. The van der Waals surface area contributed by atoms with Gasteiger partial charge in [0, 0.05) is 0 Å². The lowest BCUT2D eigenvalue weighted by atomic mass is 10.00. The number of benzene rings is 1. The van der Waals surface area contributed by atoms with Crippen LogP contribution in [-0.4, -0.2) is 23.4 Å². The summed E-state index contributed by atoms with van der Waals surface area (Å²) in [4.78, 5) is 34.6. The molecule has 0 amide bonds. The van der Waals surface area contributed by atoms with Crippen molar-refractivity contribution in [3.8, 4) is 0 Å². The van der Waals surface area contributed by atoms with E-state index in [1.54, 1.807) is 13.8 Å². The second-order valence-corrected chi connectivity index (χ2v) is 5.24. The third kappa shape index (κ3) is 3.71. The van der Waals surface area contributed by atoms with E-state index < -0.39 is 17.6 Å². The highest BCUT2D eigenvalue weighted by molar-refractivity contribution is 7.21. The Bertz CT molecular complexity index is 525. The highest BCUT2D eigenvalue weighted by atomic mass is 31.0. The van der Waals surface area contributed by atoms with Crippen LogP contribution in [0.25, 0.3) is 0 Å². The van der Waals surface area contributed by atoms with Crippen molar-refractivity contribution in [1.29, 1.82) is 0 Å². The molecular formula is C14H17O4P. The van der Waals surface area contributed by atoms with Crippen LogP contribution in [0, 0.1) is 20.8 Å². The molecule has 0 heterocycles. The van der Waals surface area contributed by atoms with Gasteiger partial charge in [0.15, 0.2) is 0 Å². The van der Waals surface area contributed by atoms with Gasteiger partial charge in [0.05, 0.1) is 5.56 Å². The monoisotopic (exact) mass is 280 g/mol. The zero-order valence-corrected chi connectivity index (χ0v) is 12.6. The summed E-state index contributed by atoms with van der Waals surface area (Å²) in [5.41, 5.74) is 1.90. The van der Waals surface area contributed by atoms with Gasteiger partial charge < -0.3 is 4.74 Å². The molecular weight excluding hydrogens is 263 g/mol. The van der Waals surface area contributed by atoms with Crippen LogP contribution >= 0.6 is 9.24 Å². The van der Waals surface area contributed by atoms with Gasteiger partial charge in [-0.2, -0.15) is 0 Å². The Morgan fingerprint density at radius 3 is 2.00 bits per heavy atom. The minimum absolute atomic E-state index is 0.361. The topological polar surface area (TPSA) is 60.4 Å². The molecule has 0 N–H and O–H groups in total. The normalized spacial score (nSPS) is 11.8. The van der Waals surface area contributed by atoms with Crippen molar-refractivity contribution in [3.63, 3.8) is 0 Å². The Balaban J connectivity index is 2.97. The summed E-state index contributed by atoms with van der Waals surface area (Å²) in [6, 6.07) is 3.69. The number of esters is 2. The first kappa shape index (κ1) is 15.5. The van der Waals surface area contributed by atoms with Gasteiger partial charge in [0.2, 0.25) is 0 Å². The zero-order valence-electron chi connectivity index (χ0n) is 11.4. The van der Waals surface area contributed by atoms with Crippen LogP contribution in [0.15, 0.2) is 12.1 Å². The van der Waals surface area contributed by atoms with E-state index in [1.165, 1.54) is 6.92 Å². The molecule has 102 valence electrons. The second kappa shape index (κ2) is 6.07. The van der Waals surface area contributed by atoms with Gasteiger partial charge in [-0.1, -0.05) is 17.7 Å². The number of carbonyl (C=O) groups is 3. The standard InChI is InChI=1S/C14H17O4P/c1-7-5-8(2)11(9(3)6-7)13(16)18-14(17)12(19)10(4)15/h5-6,12H,19H2,1-4H3. The van der Waals surface area contributed by atoms with Crippen molar-refractivity contribution in [2.24, 2.45) is 0 Å². The van der Waals surface area contributed by atoms with Crippen molar-refractivity contribution in [1.82, 2.24) is 0 Å². The van der Waals surface area contributed by atoms with E-state index in [0.717, 1.165) is 16.7 Å². The summed E-state index contributed by atoms with van der Waals surface area (Å²) < 4.78 is 4.74. The van der Waals surface area contributed by atoms with Crippen LogP contribution in [-0.2, 0) is 14.3 Å². The predicted molar refractivity (Wildman–Crippen MR) is 75.3 cm³/mol. The average molecular weight is 280 g/mol. The number of ether oxygens (including phenoxy) is 1. The van der Waals surface area contributed by atoms with E-state index in [9.17, 15) is 14.4 Å². The number of Topliss-reactive ketones (excluding diaryl/α,β-unsaturated/α-hetero) is 1. The molecule has 2 unspecified atom stereocenters. The molecule has 4 nitrogen and oxygen atoms in total. The van der Waals surface area contributed by atoms with Crippen LogP contribution in [0.5, 0.6) is 0 Å². The number of hydrogen-bond donors (Lipinski definition) is 0. The highest BCUT2D eigenvalue weighted by Crippen LogP contribution is 2.18. The van der Waals surface area contributed by atoms with Gasteiger partial charge in [-0.25, -0.2) is 4.79 Å². The van der Waals surface area contributed by atoms with Crippen molar-refractivity contribution >= 4 is 27.0 Å². The van der Waals surface area contributed by atoms with E-state index in [1.807, 2.05) is 19.1 Å². The first-order valence-electron chi connectivity index (χ1n) is 5.84. The zero-order chi connectivity index (χ0) is 14.7. The van der Waals surface area contributed by atoms with E-state index in [0.29, 0.717) is 5.56 Å². The fraction of sp³-hybridized carbons (Fsp3) is 0.357. The molecule has 1 aromatic rings. The third-order valence-corrected chi connectivity index (χ3v) is 3.51. The first-order chi connectivity index (χ1) is 8.73. The minimum atomic E-state index is -1.00. The molecule has 0 aliphatic rings. The Kier molecular flexibility index (Phi) is 4.96. The molecule has 0 radical (unpaired) electrons. The minimum Gasteiger partial charge on any atom is -0.389 e. The fourth-order valence-electron chi connectivity index (χ4n) is 1.87. The number of rotatable bonds is 3. The van der Waals surface area contributed by atoms with E-state index in [4.69, 9.17) is 4.74 Å². The molecule has 5 heteroatoms. The fourth-order valence-corrected chi connectivity index (χ4v) is 1.94. The summed E-state index contributed by atoms with van der Waals surface area (Å²) in [5.74, 6) is -1.92. The van der Waals surface area contributed by atoms with Crippen molar-refractivity contribution < 1.29 is 19.1 Å². The van der Waals surface area contributed by atoms with Gasteiger partial charge in [0.1, 0.15) is 11.4 Å². The van der Waals surface area contributed by atoms with E-state index in [-0.39, 0.29) is 5.78 Å². The summed E-state index contributed by atoms with van der Waals surface area (Å²) in [5, 5.41) is 0. The Labute approximate surface area is 114 Å². The van der Waals surface area contributed by atoms with Crippen LogP contribution in [0.1, 0.15) is 34.0 Å². The summed E-state index contributed by atoms with van der Waals surface area (Å²) in [6.45, 7) is 6.76. The number of carbonyl (C=O) groups excluding carboxylic acids is 3. The molecule has 19 heavy (non-hydrogen) atoms. The lowest BCUT2D eigenvalue weighted by Crippen LogP contribution is -2.27. The first-order valence-corrected chi connectivity index (χ1v) is 6.50. The Morgan fingerprint density at radius 2 is 1.58 bits per heavy atom. The molecule has 2 atom stereocenters. The van der Waals surface area contributed by atoms with Crippen LogP contribution in [0.3, 0.4) is 0 Å². The lowest BCUT2D eigenvalue weighted by Gasteiger charge is -2.11. The quantitative estimate of drug-likeness (QED) is 0.483. The van der Waals surface area contributed by atoms with Gasteiger partial charge in [-0.3, -0.25) is 9.59 Å². The van der Waals surface area contributed by atoms with Crippen LogP contribution < -0.4 is 0 Å². The van der Waals surface area contributed by atoms with E-state index in [2.05, 4.69) is 9.24 Å². The van der Waals surface area contributed by atoms with Gasteiger partial charge in [-0.05, 0) is 38.8 Å². The van der Waals surface area contributed by atoms with Crippen molar-refractivity contribution in [2.75, 3.05) is 0 Å². The maximum atomic E-state index is 12.0. The smallest absolute Gasteiger partial charge is 0.346 e. The average Bonchev–Trinajstić information content (AvgIpc) is 2.25. The Morgan fingerprint density at radius 1 is 1.11 bits per heavy atom. The van der Waals surface area contributed by atoms with Gasteiger partial charge >= 0.3 is 11.9 Å². The second-order valence-electron chi connectivity index (χ2n) is 4.57. The summed E-state index contributed by atoms with van der Waals surface area (Å²) in [7, 11) is 2.07.